The summed E-state index contributed by atoms with van der Waals surface area (Å²) in [7, 11) is 0. The van der Waals surface area contributed by atoms with Crippen LogP contribution in [0.25, 0.3) is 11.3 Å². The van der Waals surface area contributed by atoms with Gasteiger partial charge in [0, 0.05) is 11.8 Å². The Kier molecular flexibility index (Phi) is 3.69. The van der Waals surface area contributed by atoms with E-state index in [1.165, 1.54) is 5.56 Å². The van der Waals surface area contributed by atoms with Gasteiger partial charge in [0.1, 0.15) is 6.07 Å². The maximum atomic E-state index is 8.78. The van der Waals surface area contributed by atoms with Crippen LogP contribution in [0.5, 0.6) is 0 Å². The Morgan fingerprint density at radius 1 is 1.22 bits per heavy atom. The molecule has 0 aliphatic rings. The zero-order valence-corrected chi connectivity index (χ0v) is 10.6. The van der Waals surface area contributed by atoms with E-state index < -0.39 is 0 Å². The van der Waals surface area contributed by atoms with Gasteiger partial charge in [0.05, 0.1) is 5.69 Å². The highest BCUT2D eigenvalue weighted by atomic mass is 14.9. The van der Waals surface area contributed by atoms with Crippen LogP contribution in [0, 0.1) is 11.3 Å². The van der Waals surface area contributed by atoms with Gasteiger partial charge in [-0.25, -0.2) is 9.97 Å². The van der Waals surface area contributed by atoms with Crippen molar-refractivity contribution in [1.29, 1.82) is 5.26 Å². The smallest absolute Gasteiger partial charge is 0.227 e. The molecule has 1 heterocycles. The lowest BCUT2D eigenvalue weighted by Crippen LogP contribution is -1.93. The molecule has 0 spiro atoms. The van der Waals surface area contributed by atoms with E-state index in [0.717, 1.165) is 17.7 Å². The number of aromatic nitrogens is 2. The quantitative estimate of drug-likeness (QED) is 0.820. The van der Waals surface area contributed by atoms with E-state index in [1.807, 2.05) is 24.3 Å². The van der Waals surface area contributed by atoms with Crippen molar-refractivity contribution in [2.45, 2.75) is 26.2 Å². The zero-order chi connectivity index (χ0) is 13.0. The van der Waals surface area contributed by atoms with Crippen LogP contribution in [-0.2, 0) is 0 Å². The molecule has 0 saturated heterocycles. The lowest BCUT2D eigenvalue weighted by molar-refractivity contribution is 0.734. The second-order valence-electron chi connectivity index (χ2n) is 4.31. The number of benzene rings is 1. The van der Waals surface area contributed by atoms with Gasteiger partial charge in [0.25, 0.3) is 0 Å². The van der Waals surface area contributed by atoms with Gasteiger partial charge in [0.2, 0.25) is 5.82 Å². The number of nitrogens with zero attached hydrogens (tertiary/aromatic N) is 3. The predicted octanol–water partition coefficient (Wildman–Crippen LogP) is 3.53. The van der Waals surface area contributed by atoms with Crippen LogP contribution >= 0.6 is 0 Å². The van der Waals surface area contributed by atoms with Crippen molar-refractivity contribution < 1.29 is 0 Å². The Bertz CT molecular complexity index is 567. The molecule has 0 fully saturated rings. The number of hydrogen-bond donors (Lipinski definition) is 0. The average molecular weight is 237 g/mol. The first kappa shape index (κ1) is 12.3. The van der Waals surface area contributed by atoms with Crippen LogP contribution in [0.15, 0.2) is 36.5 Å². The van der Waals surface area contributed by atoms with Crippen molar-refractivity contribution in [2.75, 3.05) is 0 Å². The van der Waals surface area contributed by atoms with Gasteiger partial charge in [0.15, 0.2) is 0 Å². The average Bonchev–Trinajstić information content (AvgIpc) is 2.46. The normalized spacial score (nSPS) is 11.8. The summed E-state index contributed by atoms with van der Waals surface area (Å²) in [4.78, 5) is 8.05. The Morgan fingerprint density at radius 2 is 1.94 bits per heavy atom. The fraction of sp³-hybridized carbons (Fsp3) is 0.267. The third kappa shape index (κ3) is 2.54. The predicted molar refractivity (Wildman–Crippen MR) is 70.9 cm³/mol. The summed E-state index contributed by atoms with van der Waals surface area (Å²) in [6, 6.07) is 12.1. The minimum absolute atomic E-state index is 0.207. The SMILES string of the molecule is CCC(C)c1ccc(-c2ccnc(C#N)n2)cc1. The van der Waals surface area contributed by atoms with E-state index in [1.54, 1.807) is 6.20 Å². The molecule has 90 valence electrons. The first-order valence-corrected chi connectivity index (χ1v) is 6.08. The molecular weight excluding hydrogens is 222 g/mol. The van der Waals surface area contributed by atoms with Crippen molar-refractivity contribution in [3.05, 3.63) is 47.9 Å². The van der Waals surface area contributed by atoms with Crippen molar-refractivity contribution in [1.82, 2.24) is 9.97 Å². The maximum absolute atomic E-state index is 8.78. The summed E-state index contributed by atoms with van der Waals surface area (Å²) < 4.78 is 0. The molecule has 3 heteroatoms. The molecule has 0 N–H and O–H groups in total. The Labute approximate surface area is 107 Å². The van der Waals surface area contributed by atoms with Crippen LogP contribution in [0.3, 0.4) is 0 Å². The Balaban J connectivity index is 2.32. The van der Waals surface area contributed by atoms with Gasteiger partial charge in [-0.2, -0.15) is 5.26 Å². The summed E-state index contributed by atoms with van der Waals surface area (Å²) in [5.41, 5.74) is 3.13. The third-order valence-electron chi connectivity index (χ3n) is 3.14. The lowest BCUT2D eigenvalue weighted by atomic mass is 9.97. The standard InChI is InChI=1S/C15H15N3/c1-3-11(2)12-4-6-13(7-5-12)14-8-9-17-15(10-16)18-14/h4-9,11H,3H2,1-2H3. The molecule has 2 aromatic rings. The molecule has 0 saturated carbocycles. The highest BCUT2D eigenvalue weighted by Crippen LogP contribution is 2.22. The zero-order valence-electron chi connectivity index (χ0n) is 10.6. The molecule has 0 radical (unpaired) electrons. The largest absolute Gasteiger partial charge is 0.232 e. The number of nitriles is 1. The van der Waals surface area contributed by atoms with Gasteiger partial charge in [-0.15, -0.1) is 0 Å². The van der Waals surface area contributed by atoms with Crippen molar-refractivity contribution in [3.63, 3.8) is 0 Å². The van der Waals surface area contributed by atoms with Gasteiger partial charge < -0.3 is 0 Å². The minimum atomic E-state index is 0.207. The first-order chi connectivity index (χ1) is 8.74. The minimum Gasteiger partial charge on any atom is -0.227 e. The molecule has 0 aliphatic carbocycles. The molecule has 18 heavy (non-hydrogen) atoms. The summed E-state index contributed by atoms with van der Waals surface area (Å²) in [6.07, 6.45) is 2.74. The number of rotatable bonds is 3. The Morgan fingerprint density at radius 3 is 2.56 bits per heavy atom. The van der Waals surface area contributed by atoms with E-state index in [0.29, 0.717) is 5.92 Å². The molecule has 0 bridgehead atoms. The number of hydrogen-bond acceptors (Lipinski definition) is 3. The summed E-state index contributed by atoms with van der Waals surface area (Å²) >= 11 is 0. The molecule has 0 amide bonds. The first-order valence-electron chi connectivity index (χ1n) is 6.08. The lowest BCUT2D eigenvalue weighted by Gasteiger charge is -2.09. The molecule has 1 atom stereocenters. The summed E-state index contributed by atoms with van der Waals surface area (Å²) in [5.74, 6) is 0.776. The maximum Gasteiger partial charge on any atom is 0.232 e. The van der Waals surface area contributed by atoms with Crippen LogP contribution in [0.2, 0.25) is 0 Å². The van der Waals surface area contributed by atoms with Crippen molar-refractivity contribution in [3.8, 4) is 17.3 Å². The van der Waals surface area contributed by atoms with E-state index in [2.05, 4.69) is 35.9 Å². The van der Waals surface area contributed by atoms with Crippen LogP contribution in [0.4, 0.5) is 0 Å². The van der Waals surface area contributed by atoms with E-state index in [4.69, 9.17) is 5.26 Å². The fourth-order valence-electron chi connectivity index (χ4n) is 1.79. The molecule has 2 rings (SSSR count). The van der Waals surface area contributed by atoms with E-state index >= 15 is 0 Å². The second-order valence-corrected chi connectivity index (χ2v) is 4.31. The molecule has 1 aromatic heterocycles. The highest BCUT2D eigenvalue weighted by molar-refractivity contribution is 5.59. The Hall–Kier alpha value is -2.21. The molecule has 1 unspecified atom stereocenters. The van der Waals surface area contributed by atoms with Crippen LogP contribution in [0.1, 0.15) is 37.6 Å². The van der Waals surface area contributed by atoms with Crippen molar-refractivity contribution >= 4 is 0 Å². The van der Waals surface area contributed by atoms with Gasteiger partial charge >= 0.3 is 0 Å². The van der Waals surface area contributed by atoms with Gasteiger partial charge in [-0.3, -0.25) is 0 Å². The third-order valence-corrected chi connectivity index (χ3v) is 3.14. The molecule has 0 aliphatic heterocycles. The van der Waals surface area contributed by atoms with Crippen LogP contribution in [-0.4, -0.2) is 9.97 Å². The van der Waals surface area contributed by atoms with Gasteiger partial charge in [-0.1, -0.05) is 38.1 Å². The highest BCUT2D eigenvalue weighted by Gasteiger charge is 2.05. The monoisotopic (exact) mass is 237 g/mol. The van der Waals surface area contributed by atoms with E-state index in [9.17, 15) is 0 Å². The fourth-order valence-corrected chi connectivity index (χ4v) is 1.79. The van der Waals surface area contributed by atoms with Crippen LogP contribution < -0.4 is 0 Å². The van der Waals surface area contributed by atoms with E-state index in [-0.39, 0.29) is 5.82 Å². The van der Waals surface area contributed by atoms with Gasteiger partial charge in [-0.05, 0) is 24.0 Å². The summed E-state index contributed by atoms with van der Waals surface area (Å²) in [6.45, 7) is 4.40. The van der Waals surface area contributed by atoms with Crippen molar-refractivity contribution in [2.24, 2.45) is 0 Å². The molecular formula is C15H15N3. The topological polar surface area (TPSA) is 49.6 Å². The second kappa shape index (κ2) is 5.42. The molecule has 3 nitrogen and oxygen atoms in total. The molecule has 1 aromatic carbocycles. The summed E-state index contributed by atoms with van der Waals surface area (Å²) in [5, 5.41) is 8.78.